The molecule has 1 saturated carbocycles. The summed E-state index contributed by atoms with van der Waals surface area (Å²) in [5, 5.41) is 4.42. The van der Waals surface area contributed by atoms with Crippen molar-refractivity contribution in [1.82, 2.24) is 14.8 Å². The molecule has 0 amide bonds. The normalized spacial score (nSPS) is 19.5. The Balaban J connectivity index is 1.96. The second-order valence-corrected chi connectivity index (χ2v) is 5.95. The highest BCUT2D eigenvalue weighted by Gasteiger charge is 2.37. The van der Waals surface area contributed by atoms with Gasteiger partial charge in [-0.25, -0.2) is 9.67 Å². The van der Waals surface area contributed by atoms with E-state index in [2.05, 4.69) is 36.1 Å². The minimum atomic E-state index is 0.375. The van der Waals surface area contributed by atoms with Gasteiger partial charge in [-0.2, -0.15) is 5.10 Å². The van der Waals surface area contributed by atoms with Crippen LogP contribution < -0.4 is 0 Å². The Bertz CT molecular complexity index is 538. The van der Waals surface area contributed by atoms with Crippen LogP contribution in [0.2, 0.25) is 0 Å². The van der Waals surface area contributed by atoms with E-state index in [4.69, 9.17) is 0 Å². The molecule has 100 valence electrons. The molecule has 1 heterocycles. The first-order valence-electron chi connectivity index (χ1n) is 7.16. The highest BCUT2D eigenvalue weighted by atomic mass is 15.3. The summed E-state index contributed by atoms with van der Waals surface area (Å²) in [6, 6.07) is 10.3. The minimum absolute atomic E-state index is 0.375. The predicted octanol–water partition coefficient (Wildman–Crippen LogP) is 3.95. The Morgan fingerprint density at radius 2 is 1.84 bits per heavy atom. The van der Waals surface area contributed by atoms with Gasteiger partial charge in [0, 0.05) is 5.92 Å². The molecule has 1 aliphatic rings. The second kappa shape index (κ2) is 4.80. The number of aromatic nitrogens is 3. The van der Waals surface area contributed by atoms with E-state index < -0.39 is 0 Å². The first-order chi connectivity index (χ1) is 9.21. The molecule has 3 heteroatoms. The van der Waals surface area contributed by atoms with Gasteiger partial charge in [-0.05, 0) is 30.4 Å². The van der Waals surface area contributed by atoms with Crippen molar-refractivity contribution in [2.75, 3.05) is 0 Å². The molecule has 1 aromatic carbocycles. The van der Waals surface area contributed by atoms with Crippen LogP contribution in [0.5, 0.6) is 0 Å². The van der Waals surface area contributed by atoms with Crippen LogP contribution in [0.1, 0.15) is 51.3 Å². The fourth-order valence-corrected chi connectivity index (χ4v) is 3.24. The van der Waals surface area contributed by atoms with E-state index in [9.17, 15) is 0 Å². The predicted molar refractivity (Wildman–Crippen MR) is 76.3 cm³/mol. The van der Waals surface area contributed by atoms with Gasteiger partial charge >= 0.3 is 0 Å². The lowest BCUT2D eigenvalue weighted by Gasteiger charge is -2.30. The quantitative estimate of drug-likeness (QED) is 0.831. The van der Waals surface area contributed by atoms with Crippen molar-refractivity contribution in [3.63, 3.8) is 0 Å². The summed E-state index contributed by atoms with van der Waals surface area (Å²) >= 11 is 0. The van der Waals surface area contributed by atoms with Gasteiger partial charge in [-0.3, -0.25) is 0 Å². The Labute approximate surface area is 114 Å². The van der Waals surface area contributed by atoms with Gasteiger partial charge in [0.25, 0.3) is 0 Å². The third-order valence-corrected chi connectivity index (χ3v) is 4.75. The van der Waals surface area contributed by atoms with Crippen molar-refractivity contribution >= 4 is 0 Å². The van der Waals surface area contributed by atoms with Crippen LogP contribution in [0, 0.1) is 5.41 Å². The zero-order valence-electron chi connectivity index (χ0n) is 11.7. The van der Waals surface area contributed by atoms with Crippen LogP contribution in [-0.2, 0) is 0 Å². The van der Waals surface area contributed by atoms with Crippen molar-refractivity contribution in [2.45, 2.75) is 45.4 Å². The van der Waals surface area contributed by atoms with Crippen LogP contribution in [0.25, 0.3) is 5.69 Å². The standard InChI is InChI=1S/C16H21N3/c1-13(16(2)10-6-7-11-16)15-17-12-18-19(15)14-8-4-3-5-9-14/h3-5,8-9,12-13H,6-7,10-11H2,1-2H3. The Hall–Kier alpha value is -1.64. The lowest BCUT2D eigenvalue weighted by Crippen LogP contribution is -2.23. The monoisotopic (exact) mass is 255 g/mol. The molecule has 0 saturated heterocycles. The lowest BCUT2D eigenvalue weighted by atomic mass is 9.76. The van der Waals surface area contributed by atoms with Crippen molar-refractivity contribution in [2.24, 2.45) is 5.41 Å². The molecule has 0 aliphatic heterocycles. The number of benzene rings is 1. The molecule has 1 aromatic heterocycles. The Kier molecular flexibility index (Phi) is 3.13. The fourth-order valence-electron chi connectivity index (χ4n) is 3.24. The van der Waals surface area contributed by atoms with E-state index in [1.54, 1.807) is 6.33 Å². The maximum absolute atomic E-state index is 4.53. The molecular formula is C16H21N3. The molecule has 3 rings (SSSR count). The summed E-state index contributed by atoms with van der Waals surface area (Å²) in [7, 11) is 0. The maximum Gasteiger partial charge on any atom is 0.138 e. The summed E-state index contributed by atoms with van der Waals surface area (Å²) in [5.74, 6) is 1.54. The molecule has 0 N–H and O–H groups in total. The third kappa shape index (κ3) is 2.18. The molecule has 3 nitrogen and oxygen atoms in total. The third-order valence-electron chi connectivity index (χ3n) is 4.75. The van der Waals surface area contributed by atoms with Gasteiger partial charge in [-0.1, -0.05) is 44.9 Å². The Morgan fingerprint density at radius 3 is 2.53 bits per heavy atom. The van der Waals surface area contributed by atoms with Gasteiger partial charge in [0.2, 0.25) is 0 Å². The van der Waals surface area contributed by atoms with Gasteiger partial charge in [-0.15, -0.1) is 0 Å². The van der Waals surface area contributed by atoms with E-state index in [1.807, 2.05) is 22.9 Å². The topological polar surface area (TPSA) is 30.7 Å². The minimum Gasteiger partial charge on any atom is -0.219 e. The zero-order chi connectivity index (χ0) is 13.3. The van der Waals surface area contributed by atoms with Gasteiger partial charge in [0.15, 0.2) is 0 Å². The van der Waals surface area contributed by atoms with Crippen molar-refractivity contribution in [3.8, 4) is 5.69 Å². The van der Waals surface area contributed by atoms with Crippen LogP contribution in [-0.4, -0.2) is 14.8 Å². The molecule has 1 fully saturated rings. The number of nitrogens with zero attached hydrogens (tertiary/aromatic N) is 3. The molecule has 1 unspecified atom stereocenters. The second-order valence-electron chi connectivity index (χ2n) is 5.95. The first-order valence-corrected chi connectivity index (χ1v) is 7.16. The van der Waals surface area contributed by atoms with Crippen LogP contribution in [0.3, 0.4) is 0 Å². The Morgan fingerprint density at radius 1 is 1.16 bits per heavy atom. The molecular weight excluding hydrogens is 234 g/mol. The van der Waals surface area contributed by atoms with Crippen LogP contribution >= 0.6 is 0 Å². The molecule has 0 spiro atoms. The molecule has 1 aliphatic carbocycles. The summed E-state index contributed by atoms with van der Waals surface area (Å²) in [6.45, 7) is 4.70. The summed E-state index contributed by atoms with van der Waals surface area (Å²) in [4.78, 5) is 4.53. The van der Waals surface area contributed by atoms with Crippen LogP contribution in [0.15, 0.2) is 36.7 Å². The van der Waals surface area contributed by atoms with Gasteiger partial charge in [0.1, 0.15) is 12.2 Å². The summed E-state index contributed by atoms with van der Waals surface area (Å²) in [6.07, 6.45) is 6.98. The highest BCUT2D eigenvalue weighted by Crippen LogP contribution is 2.47. The number of rotatable bonds is 3. The molecule has 2 aromatic rings. The van der Waals surface area contributed by atoms with Crippen molar-refractivity contribution in [1.29, 1.82) is 0 Å². The van der Waals surface area contributed by atoms with E-state index in [-0.39, 0.29) is 0 Å². The summed E-state index contributed by atoms with van der Waals surface area (Å²) < 4.78 is 1.99. The van der Waals surface area contributed by atoms with E-state index >= 15 is 0 Å². The number of hydrogen-bond donors (Lipinski definition) is 0. The number of para-hydroxylation sites is 1. The lowest BCUT2D eigenvalue weighted by molar-refractivity contribution is 0.264. The van der Waals surface area contributed by atoms with E-state index in [1.165, 1.54) is 25.7 Å². The van der Waals surface area contributed by atoms with Crippen molar-refractivity contribution < 1.29 is 0 Å². The van der Waals surface area contributed by atoms with Crippen molar-refractivity contribution in [3.05, 3.63) is 42.5 Å². The average molecular weight is 255 g/mol. The molecule has 1 atom stereocenters. The van der Waals surface area contributed by atoms with Gasteiger partial charge in [0.05, 0.1) is 5.69 Å². The zero-order valence-corrected chi connectivity index (χ0v) is 11.7. The molecule has 19 heavy (non-hydrogen) atoms. The van der Waals surface area contributed by atoms with E-state index in [0.29, 0.717) is 11.3 Å². The molecule has 0 radical (unpaired) electrons. The fraction of sp³-hybridized carbons (Fsp3) is 0.500. The SMILES string of the molecule is CC(c1ncnn1-c1ccccc1)C1(C)CCCC1. The average Bonchev–Trinajstić information content (AvgIpc) is 3.08. The maximum atomic E-state index is 4.53. The van der Waals surface area contributed by atoms with Gasteiger partial charge < -0.3 is 0 Å². The largest absolute Gasteiger partial charge is 0.219 e. The van der Waals surface area contributed by atoms with E-state index in [0.717, 1.165) is 11.5 Å². The smallest absolute Gasteiger partial charge is 0.138 e. The molecule has 0 bridgehead atoms. The highest BCUT2D eigenvalue weighted by molar-refractivity contribution is 5.31. The summed E-state index contributed by atoms with van der Waals surface area (Å²) in [5.41, 5.74) is 1.47. The van der Waals surface area contributed by atoms with Crippen LogP contribution in [0.4, 0.5) is 0 Å². The number of hydrogen-bond acceptors (Lipinski definition) is 2. The first kappa shape index (κ1) is 12.4.